The summed E-state index contributed by atoms with van der Waals surface area (Å²) >= 11 is 0. The molecule has 7 nitrogen and oxygen atoms in total. The summed E-state index contributed by atoms with van der Waals surface area (Å²) in [5.41, 5.74) is 2.84. The van der Waals surface area contributed by atoms with E-state index in [0.29, 0.717) is 25.1 Å². The van der Waals surface area contributed by atoms with E-state index in [4.69, 9.17) is 0 Å². The number of nitrogens with zero attached hydrogens (tertiary/aromatic N) is 4. The fourth-order valence-corrected chi connectivity index (χ4v) is 3.15. The van der Waals surface area contributed by atoms with Gasteiger partial charge in [0, 0.05) is 38.3 Å². The highest BCUT2D eigenvalue weighted by Gasteiger charge is 2.35. The topological polar surface area (TPSA) is 79.6 Å². The lowest BCUT2D eigenvalue weighted by atomic mass is 10.0. The molecule has 2 aliphatic heterocycles. The Hall–Kier alpha value is -2.18. The number of amides is 2. The number of carbonyl (C=O) groups is 2. The van der Waals surface area contributed by atoms with Gasteiger partial charge in [-0.15, -0.1) is 0 Å². The molecule has 7 heteroatoms. The van der Waals surface area contributed by atoms with Crippen molar-refractivity contribution in [1.29, 1.82) is 0 Å². The van der Waals surface area contributed by atoms with Gasteiger partial charge in [-0.1, -0.05) is 13.8 Å². The summed E-state index contributed by atoms with van der Waals surface area (Å²) in [4.78, 5) is 30.4. The molecule has 1 atom stereocenters. The molecule has 2 amide bonds. The molecule has 1 aromatic heterocycles. The molecule has 0 radical (unpaired) electrons. The molecule has 0 saturated carbocycles. The van der Waals surface area contributed by atoms with Gasteiger partial charge in [-0.25, -0.2) is 10.4 Å². The van der Waals surface area contributed by atoms with Crippen molar-refractivity contribution in [2.75, 3.05) is 6.54 Å². The van der Waals surface area contributed by atoms with E-state index in [2.05, 4.69) is 33.9 Å². The van der Waals surface area contributed by atoms with Crippen molar-refractivity contribution < 1.29 is 9.59 Å². The van der Waals surface area contributed by atoms with E-state index in [9.17, 15) is 9.59 Å². The molecule has 1 N–H and O–H groups in total. The van der Waals surface area contributed by atoms with E-state index >= 15 is 0 Å². The zero-order chi connectivity index (χ0) is 15.7. The number of nitrogens with one attached hydrogen (secondary N) is 1. The molecule has 3 heterocycles. The van der Waals surface area contributed by atoms with Crippen molar-refractivity contribution in [1.82, 2.24) is 19.9 Å². The van der Waals surface area contributed by atoms with Crippen LogP contribution < -0.4 is 5.43 Å². The summed E-state index contributed by atoms with van der Waals surface area (Å²) in [6, 6.07) is -0.0645. The van der Waals surface area contributed by atoms with Crippen LogP contribution in [0, 0.1) is 5.92 Å². The van der Waals surface area contributed by atoms with Gasteiger partial charge in [-0.3, -0.25) is 9.59 Å². The summed E-state index contributed by atoms with van der Waals surface area (Å²) in [5, 5.41) is 3.95. The van der Waals surface area contributed by atoms with Crippen LogP contribution >= 0.6 is 0 Å². The molecular formula is C15H21N5O2. The number of carbonyl (C=O) groups excluding carboxylic acids is 2. The molecule has 118 valence electrons. The Morgan fingerprint density at radius 2 is 2.18 bits per heavy atom. The summed E-state index contributed by atoms with van der Waals surface area (Å²) in [6.45, 7) is 5.74. The molecule has 0 aromatic carbocycles. The number of hydrogen-bond acceptors (Lipinski definition) is 4. The third kappa shape index (κ3) is 2.63. The number of rotatable bonds is 2. The number of imidazole rings is 1. The molecule has 1 unspecified atom stereocenters. The first-order valence-corrected chi connectivity index (χ1v) is 7.75. The van der Waals surface area contributed by atoms with Gasteiger partial charge in [0.15, 0.2) is 0 Å². The zero-order valence-corrected chi connectivity index (χ0v) is 13.0. The first kappa shape index (κ1) is 14.7. The second-order valence-electron chi connectivity index (χ2n) is 6.11. The molecule has 0 saturated heterocycles. The van der Waals surface area contributed by atoms with Gasteiger partial charge in [0.25, 0.3) is 5.91 Å². The highest BCUT2D eigenvalue weighted by Crippen LogP contribution is 2.30. The van der Waals surface area contributed by atoms with Gasteiger partial charge in [0.2, 0.25) is 5.91 Å². The van der Waals surface area contributed by atoms with Crippen molar-refractivity contribution in [2.45, 2.75) is 45.7 Å². The lowest BCUT2D eigenvalue weighted by molar-refractivity contribution is -0.127. The third-order valence-electron chi connectivity index (χ3n) is 4.19. The maximum Gasteiger partial charge on any atom is 0.270 e. The standard InChI is InChI=1S/C15H21N5O2/c1-10(2)13-14-16-6-9-19(14)7-3-8-20(13)15(22)11-4-5-12(21)18-17-11/h6,9-10,13H,3-5,7-8H2,1-2H3,(H,18,21). The Bertz CT molecular complexity index is 619. The number of hydrazone groups is 1. The molecule has 1 aromatic rings. The lowest BCUT2D eigenvalue weighted by Gasteiger charge is -2.32. The van der Waals surface area contributed by atoms with E-state index in [-0.39, 0.29) is 23.8 Å². The number of aromatic nitrogens is 2. The minimum absolute atomic E-state index is 0.0645. The Balaban J connectivity index is 1.91. The molecule has 0 bridgehead atoms. The van der Waals surface area contributed by atoms with E-state index < -0.39 is 0 Å². The highest BCUT2D eigenvalue weighted by atomic mass is 16.2. The highest BCUT2D eigenvalue weighted by molar-refractivity contribution is 6.39. The number of hydrogen-bond donors (Lipinski definition) is 1. The number of fused-ring (bicyclic) bond motifs is 1. The fraction of sp³-hybridized carbons (Fsp3) is 0.600. The lowest BCUT2D eigenvalue weighted by Crippen LogP contribution is -2.44. The summed E-state index contributed by atoms with van der Waals surface area (Å²) in [6.07, 6.45) is 5.37. The summed E-state index contributed by atoms with van der Waals surface area (Å²) < 4.78 is 2.13. The van der Waals surface area contributed by atoms with Crippen LogP contribution in [-0.2, 0) is 16.1 Å². The minimum atomic E-state index is -0.136. The van der Waals surface area contributed by atoms with Gasteiger partial charge in [-0.2, -0.15) is 5.10 Å². The van der Waals surface area contributed by atoms with E-state index in [1.54, 1.807) is 6.20 Å². The first-order chi connectivity index (χ1) is 10.6. The van der Waals surface area contributed by atoms with Crippen LogP contribution in [0.4, 0.5) is 0 Å². The molecule has 2 aliphatic rings. The SMILES string of the molecule is CC(C)C1c2nccn2CCCN1C(=O)C1=NNC(=O)CC1. The zero-order valence-electron chi connectivity index (χ0n) is 13.0. The molecule has 22 heavy (non-hydrogen) atoms. The van der Waals surface area contributed by atoms with Crippen LogP contribution in [0.3, 0.4) is 0 Å². The first-order valence-electron chi connectivity index (χ1n) is 7.75. The van der Waals surface area contributed by atoms with Crippen LogP contribution in [0.1, 0.15) is 45.0 Å². The van der Waals surface area contributed by atoms with E-state index in [1.165, 1.54) is 0 Å². The molecule has 0 aliphatic carbocycles. The van der Waals surface area contributed by atoms with Gasteiger partial charge in [0.1, 0.15) is 11.5 Å². The summed E-state index contributed by atoms with van der Waals surface area (Å²) in [5.74, 6) is 0.960. The Labute approximate surface area is 129 Å². The van der Waals surface area contributed by atoms with Crippen molar-refractivity contribution in [3.05, 3.63) is 18.2 Å². The Morgan fingerprint density at radius 1 is 1.36 bits per heavy atom. The molecular weight excluding hydrogens is 282 g/mol. The maximum atomic E-state index is 12.9. The smallest absolute Gasteiger partial charge is 0.270 e. The molecule has 0 fully saturated rings. The average molecular weight is 303 g/mol. The van der Waals surface area contributed by atoms with Gasteiger partial charge in [0.05, 0.1) is 6.04 Å². The third-order valence-corrected chi connectivity index (χ3v) is 4.19. The van der Waals surface area contributed by atoms with Crippen LogP contribution in [0.2, 0.25) is 0 Å². The van der Waals surface area contributed by atoms with Crippen molar-refractivity contribution in [2.24, 2.45) is 11.0 Å². The van der Waals surface area contributed by atoms with Crippen molar-refractivity contribution >= 4 is 17.5 Å². The fourth-order valence-electron chi connectivity index (χ4n) is 3.15. The molecule has 0 spiro atoms. The van der Waals surface area contributed by atoms with E-state index in [0.717, 1.165) is 18.8 Å². The normalized spacial score (nSPS) is 22.0. The average Bonchev–Trinajstić information content (AvgIpc) is 2.86. The van der Waals surface area contributed by atoms with Crippen LogP contribution in [0.25, 0.3) is 0 Å². The van der Waals surface area contributed by atoms with Crippen LogP contribution in [-0.4, -0.2) is 38.5 Å². The predicted molar refractivity (Wildman–Crippen MR) is 80.9 cm³/mol. The predicted octanol–water partition coefficient (Wildman–Crippen LogP) is 1.08. The van der Waals surface area contributed by atoms with Gasteiger partial charge in [-0.05, 0) is 12.3 Å². The van der Waals surface area contributed by atoms with Crippen LogP contribution in [0.15, 0.2) is 17.5 Å². The van der Waals surface area contributed by atoms with Crippen molar-refractivity contribution in [3.8, 4) is 0 Å². The minimum Gasteiger partial charge on any atom is -0.333 e. The largest absolute Gasteiger partial charge is 0.333 e. The van der Waals surface area contributed by atoms with Crippen LogP contribution in [0.5, 0.6) is 0 Å². The molecule has 3 rings (SSSR count). The maximum absolute atomic E-state index is 12.9. The second-order valence-corrected chi connectivity index (χ2v) is 6.11. The van der Waals surface area contributed by atoms with Gasteiger partial charge >= 0.3 is 0 Å². The van der Waals surface area contributed by atoms with E-state index in [1.807, 2.05) is 11.1 Å². The monoisotopic (exact) mass is 303 g/mol. The Morgan fingerprint density at radius 3 is 2.86 bits per heavy atom. The number of aryl methyl sites for hydroxylation is 1. The van der Waals surface area contributed by atoms with Crippen molar-refractivity contribution in [3.63, 3.8) is 0 Å². The second kappa shape index (κ2) is 5.90. The summed E-state index contributed by atoms with van der Waals surface area (Å²) in [7, 11) is 0. The quantitative estimate of drug-likeness (QED) is 0.888. The Kier molecular flexibility index (Phi) is 3.96. The van der Waals surface area contributed by atoms with Gasteiger partial charge < -0.3 is 9.47 Å².